The zero-order valence-corrected chi connectivity index (χ0v) is 16.2. The predicted molar refractivity (Wildman–Crippen MR) is 99.2 cm³/mol. The van der Waals surface area contributed by atoms with Crippen LogP contribution in [0.4, 0.5) is 5.82 Å². The number of nitrogens with zero attached hydrogens (tertiary/aromatic N) is 4. The van der Waals surface area contributed by atoms with E-state index in [1.54, 1.807) is 20.9 Å². The summed E-state index contributed by atoms with van der Waals surface area (Å²) in [6, 6.07) is -0.853. The van der Waals surface area contributed by atoms with Gasteiger partial charge in [0.2, 0.25) is 0 Å². The van der Waals surface area contributed by atoms with Gasteiger partial charge in [-0.2, -0.15) is 0 Å². The number of carbonyl (C=O) groups is 1. The molecule has 1 unspecified atom stereocenters. The quantitative estimate of drug-likeness (QED) is 0.466. The van der Waals surface area contributed by atoms with Crippen LogP contribution in [0.2, 0.25) is 0 Å². The fourth-order valence-corrected chi connectivity index (χ4v) is 3.26. The molecule has 0 aliphatic carbocycles. The van der Waals surface area contributed by atoms with Crippen molar-refractivity contribution >= 4 is 23.0 Å². The van der Waals surface area contributed by atoms with Gasteiger partial charge in [-0.1, -0.05) is 13.8 Å². The minimum atomic E-state index is -1.67. The number of esters is 1. The number of carbonyl (C=O) groups excluding carboxylic acids is 1. The number of aliphatic hydroxyl groups excluding tert-OH is 1. The van der Waals surface area contributed by atoms with Crippen molar-refractivity contribution < 1.29 is 24.5 Å². The van der Waals surface area contributed by atoms with Crippen LogP contribution in [0, 0.1) is 5.92 Å². The number of aliphatic hydroxyl groups is 2. The summed E-state index contributed by atoms with van der Waals surface area (Å²) in [7, 11) is 1.71. The first kappa shape index (κ1) is 20.4. The number of hydrogen-bond donors (Lipinski definition) is 4. The number of imidazole rings is 1. The highest BCUT2D eigenvalue weighted by molar-refractivity contribution is 5.82. The summed E-state index contributed by atoms with van der Waals surface area (Å²) >= 11 is 0. The van der Waals surface area contributed by atoms with E-state index in [0.717, 1.165) is 0 Å². The lowest BCUT2D eigenvalue weighted by Crippen LogP contribution is -2.50. The van der Waals surface area contributed by atoms with Crippen LogP contribution >= 0.6 is 0 Å². The SMILES string of the molecule is CNc1ncnc2c1ncn2[C@@H]1O[C@H](CO)[C@@H](OC(=O)C(N)C(C)C)[C@@]1(C)O. The van der Waals surface area contributed by atoms with Crippen molar-refractivity contribution in [2.75, 3.05) is 19.0 Å². The zero-order chi connectivity index (χ0) is 20.6. The largest absolute Gasteiger partial charge is 0.455 e. The number of nitrogens with two attached hydrogens (primary N) is 1. The molecular formula is C17H26N6O5. The van der Waals surface area contributed by atoms with Gasteiger partial charge in [0.15, 0.2) is 23.8 Å². The molecule has 0 amide bonds. The number of fused-ring (bicyclic) bond motifs is 1. The average molecular weight is 394 g/mol. The van der Waals surface area contributed by atoms with Crippen LogP contribution in [0.5, 0.6) is 0 Å². The number of anilines is 1. The Morgan fingerprint density at radius 2 is 2.18 bits per heavy atom. The second-order valence-electron chi connectivity index (χ2n) is 7.36. The van der Waals surface area contributed by atoms with E-state index in [9.17, 15) is 15.0 Å². The van der Waals surface area contributed by atoms with E-state index in [1.807, 2.05) is 0 Å². The molecule has 5 atom stereocenters. The zero-order valence-electron chi connectivity index (χ0n) is 16.2. The van der Waals surface area contributed by atoms with Gasteiger partial charge in [0.1, 0.15) is 29.6 Å². The molecule has 28 heavy (non-hydrogen) atoms. The number of hydrogen-bond acceptors (Lipinski definition) is 10. The molecule has 2 aromatic heterocycles. The lowest BCUT2D eigenvalue weighted by molar-refractivity contribution is -0.166. The Balaban J connectivity index is 1.95. The lowest BCUT2D eigenvalue weighted by atomic mass is 9.95. The molecule has 154 valence electrons. The third-order valence-corrected chi connectivity index (χ3v) is 4.98. The van der Waals surface area contributed by atoms with E-state index < -0.39 is 42.7 Å². The topological polar surface area (TPSA) is 158 Å². The molecule has 0 aromatic carbocycles. The van der Waals surface area contributed by atoms with Gasteiger partial charge in [-0.3, -0.25) is 9.36 Å². The van der Waals surface area contributed by atoms with Crippen LogP contribution in [0.3, 0.4) is 0 Å². The molecule has 0 radical (unpaired) electrons. The third kappa shape index (κ3) is 3.30. The van der Waals surface area contributed by atoms with Crippen LogP contribution in [-0.2, 0) is 14.3 Å². The van der Waals surface area contributed by atoms with Crippen LogP contribution < -0.4 is 11.1 Å². The molecule has 3 heterocycles. The summed E-state index contributed by atoms with van der Waals surface area (Å²) in [5, 5.41) is 23.8. The Morgan fingerprint density at radius 3 is 2.79 bits per heavy atom. The van der Waals surface area contributed by atoms with Gasteiger partial charge in [-0.15, -0.1) is 0 Å². The van der Waals surface area contributed by atoms with E-state index in [4.69, 9.17) is 15.2 Å². The van der Waals surface area contributed by atoms with Crippen molar-refractivity contribution in [1.29, 1.82) is 0 Å². The summed E-state index contributed by atoms with van der Waals surface area (Å²) in [4.78, 5) is 24.9. The van der Waals surface area contributed by atoms with Crippen molar-refractivity contribution in [3.05, 3.63) is 12.7 Å². The van der Waals surface area contributed by atoms with Crippen molar-refractivity contribution in [3.8, 4) is 0 Å². The second kappa shape index (κ2) is 7.59. The predicted octanol–water partition coefficient (Wildman–Crippen LogP) is -0.596. The van der Waals surface area contributed by atoms with E-state index in [1.165, 1.54) is 24.1 Å². The van der Waals surface area contributed by atoms with Crippen molar-refractivity contribution in [1.82, 2.24) is 19.5 Å². The highest BCUT2D eigenvalue weighted by atomic mass is 16.6. The number of nitrogens with one attached hydrogen (secondary N) is 1. The first-order chi connectivity index (χ1) is 13.2. The fourth-order valence-electron chi connectivity index (χ4n) is 3.26. The van der Waals surface area contributed by atoms with Gasteiger partial charge in [-0.05, 0) is 12.8 Å². The first-order valence-corrected chi connectivity index (χ1v) is 9.02. The normalized spacial score (nSPS) is 28.6. The molecule has 11 nitrogen and oxygen atoms in total. The first-order valence-electron chi connectivity index (χ1n) is 9.02. The monoisotopic (exact) mass is 394 g/mol. The van der Waals surface area contributed by atoms with Crippen LogP contribution in [0.15, 0.2) is 12.7 Å². The van der Waals surface area contributed by atoms with Gasteiger partial charge in [0, 0.05) is 7.05 Å². The van der Waals surface area contributed by atoms with Gasteiger partial charge in [0.05, 0.1) is 12.9 Å². The lowest BCUT2D eigenvalue weighted by Gasteiger charge is -2.30. The summed E-state index contributed by atoms with van der Waals surface area (Å²) in [5.74, 6) is -0.290. The van der Waals surface area contributed by atoms with Crippen molar-refractivity contribution in [3.63, 3.8) is 0 Å². The maximum absolute atomic E-state index is 12.3. The highest BCUT2D eigenvalue weighted by Gasteiger charge is 2.56. The minimum Gasteiger partial charge on any atom is -0.455 e. The Hall–Kier alpha value is -2.34. The van der Waals surface area contributed by atoms with Crippen molar-refractivity contribution in [2.45, 2.75) is 50.8 Å². The summed E-state index contributed by atoms with van der Waals surface area (Å²) < 4.78 is 12.8. The molecule has 0 bridgehead atoms. The highest BCUT2D eigenvalue weighted by Crippen LogP contribution is 2.41. The second-order valence-corrected chi connectivity index (χ2v) is 7.36. The Morgan fingerprint density at radius 1 is 1.46 bits per heavy atom. The number of aromatic nitrogens is 4. The Bertz CT molecular complexity index is 854. The van der Waals surface area contributed by atoms with Crippen LogP contribution in [0.1, 0.15) is 27.0 Å². The summed E-state index contributed by atoms with van der Waals surface area (Å²) in [6.07, 6.45) is -0.243. The van der Waals surface area contributed by atoms with E-state index >= 15 is 0 Å². The van der Waals surface area contributed by atoms with Gasteiger partial charge in [-0.25, -0.2) is 15.0 Å². The fraction of sp³-hybridized carbons (Fsp3) is 0.647. The molecule has 1 saturated heterocycles. The molecule has 11 heteroatoms. The molecule has 1 fully saturated rings. The third-order valence-electron chi connectivity index (χ3n) is 4.98. The minimum absolute atomic E-state index is 0.141. The molecular weight excluding hydrogens is 368 g/mol. The average Bonchev–Trinajstić information content (AvgIpc) is 3.19. The molecule has 0 saturated carbocycles. The Kier molecular flexibility index (Phi) is 5.53. The maximum Gasteiger partial charge on any atom is 0.323 e. The van der Waals surface area contributed by atoms with Gasteiger partial charge in [0.25, 0.3) is 0 Å². The molecule has 3 rings (SSSR count). The molecule has 1 aliphatic heterocycles. The van der Waals surface area contributed by atoms with Crippen molar-refractivity contribution in [2.24, 2.45) is 11.7 Å². The smallest absolute Gasteiger partial charge is 0.323 e. The summed E-state index contributed by atoms with van der Waals surface area (Å²) in [5.41, 5.74) is 5.10. The standard InChI is InChI=1S/C17H26N6O5/c1-8(2)10(18)15(25)28-12-9(5-24)27-16(17(12,3)26)23-7-22-11-13(19-4)20-6-21-14(11)23/h6-10,12,16,24,26H,5,18H2,1-4H3,(H,19,20,21)/t9-,10?,12-,16-,17-/m1/s1. The Labute approximate surface area is 161 Å². The molecule has 2 aromatic rings. The number of ether oxygens (including phenoxy) is 2. The summed E-state index contributed by atoms with van der Waals surface area (Å²) in [6.45, 7) is 4.60. The molecule has 1 aliphatic rings. The van der Waals surface area contributed by atoms with Gasteiger partial charge >= 0.3 is 5.97 Å². The van der Waals surface area contributed by atoms with E-state index in [0.29, 0.717) is 17.0 Å². The number of rotatable bonds is 6. The molecule has 5 N–H and O–H groups in total. The van der Waals surface area contributed by atoms with Crippen LogP contribution in [-0.4, -0.2) is 73.2 Å². The van der Waals surface area contributed by atoms with Gasteiger partial charge < -0.3 is 30.7 Å². The van der Waals surface area contributed by atoms with E-state index in [2.05, 4.69) is 20.3 Å². The van der Waals surface area contributed by atoms with Crippen LogP contribution in [0.25, 0.3) is 11.2 Å². The van der Waals surface area contributed by atoms with E-state index in [-0.39, 0.29) is 5.92 Å². The maximum atomic E-state index is 12.3. The molecule has 0 spiro atoms.